The lowest BCUT2D eigenvalue weighted by Crippen LogP contribution is -2.19. The zero-order valence-electron chi connectivity index (χ0n) is 10.6. The molecule has 0 aromatic heterocycles. The van der Waals surface area contributed by atoms with Crippen molar-refractivity contribution < 1.29 is 9.90 Å². The number of nitrogens with one attached hydrogen (secondary N) is 1. The van der Waals surface area contributed by atoms with Gasteiger partial charge in [0.25, 0.3) is 0 Å². The first kappa shape index (κ1) is 14.3. The van der Waals surface area contributed by atoms with Crippen molar-refractivity contribution in [2.24, 2.45) is 5.10 Å². The van der Waals surface area contributed by atoms with Crippen LogP contribution in [0, 0.1) is 0 Å². The molecule has 0 radical (unpaired) electrons. The predicted octanol–water partition coefficient (Wildman–Crippen LogP) is 2.85. The highest BCUT2D eigenvalue weighted by molar-refractivity contribution is 9.10. The highest BCUT2D eigenvalue weighted by Crippen LogP contribution is 2.11. The number of nitrogens with zero attached hydrogens (tertiary/aromatic N) is 1. The van der Waals surface area contributed by atoms with E-state index in [1.807, 2.05) is 24.3 Å². The van der Waals surface area contributed by atoms with Crippen LogP contribution in [0.15, 0.2) is 58.1 Å². The Hall–Kier alpha value is -2.14. The molecule has 0 heterocycles. The number of carbonyl (C=O) groups excluding carboxylic acids is 1. The molecule has 2 aromatic rings. The van der Waals surface area contributed by atoms with Crippen LogP contribution in [0.1, 0.15) is 11.1 Å². The van der Waals surface area contributed by atoms with Gasteiger partial charge in [-0.3, -0.25) is 4.79 Å². The Morgan fingerprint density at radius 1 is 1.15 bits per heavy atom. The summed E-state index contributed by atoms with van der Waals surface area (Å²) >= 11 is 3.34. The summed E-state index contributed by atoms with van der Waals surface area (Å²) in [6, 6.07) is 14.1. The number of hydrogen-bond donors (Lipinski definition) is 2. The van der Waals surface area contributed by atoms with E-state index < -0.39 is 0 Å². The molecule has 0 unspecified atom stereocenters. The number of carbonyl (C=O) groups is 1. The SMILES string of the molecule is O=C(Cc1ccc(Br)cc1)N/N=C/c1ccc(O)cc1. The van der Waals surface area contributed by atoms with Gasteiger partial charge in [-0.15, -0.1) is 0 Å². The molecule has 0 atom stereocenters. The maximum absolute atomic E-state index is 11.7. The van der Waals surface area contributed by atoms with E-state index in [0.29, 0.717) is 0 Å². The number of aromatic hydroxyl groups is 1. The Morgan fingerprint density at radius 3 is 2.45 bits per heavy atom. The van der Waals surface area contributed by atoms with E-state index in [9.17, 15) is 4.79 Å². The van der Waals surface area contributed by atoms with Crippen molar-refractivity contribution in [3.05, 3.63) is 64.1 Å². The molecule has 0 saturated heterocycles. The second kappa shape index (κ2) is 6.86. The molecule has 0 saturated carbocycles. The van der Waals surface area contributed by atoms with Crippen molar-refractivity contribution in [3.8, 4) is 5.75 Å². The van der Waals surface area contributed by atoms with Gasteiger partial charge in [-0.05, 0) is 47.5 Å². The fraction of sp³-hybridized carbons (Fsp3) is 0.0667. The first-order valence-corrected chi connectivity index (χ1v) is 6.78. The molecule has 0 aliphatic carbocycles. The molecule has 2 aromatic carbocycles. The van der Waals surface area contributed by atoms with Crippen LogP contribution in [0.5, 0.6) is 5.75 Å². The predicted molar refractivity (Wildman–Crippen MR) is 81.7 cm³/mol. The highest BCUT2D eigenvalue weighted by Gasteiger charge is 2.01. The third-order valence-corrected chi connectivity index (χ3v) is 3.10. The zero-order chi connectivity index (χ0) is 14.4. The monoisotopic (exact) mass is 332 g/mol. The maximum Gasteiger partial charge on any atom is 0.244 e. The average molecular weight is 333 g/mol. The van der Waals surface area contributed by atoms with Crippen molar-refractivity contribution in [2.75, 3.05) is 0 Å². The molecule has 1 amide bonds. The van der Waals surface area contributed by atoms with E-state index in [1.54, 1.807) is 24.3 Å². The first-order valence-electron chi connectivity index (χ1n) is 5.99. The van der Waals surface area contributed by atoms with Gasteiger partial charge >= 0.3 is 0 Å². The summed E-state index contributed by atoms with van der Waals surface area (Å²) in [6.07, 6.45) is 1.80. The average Bonchev–Trinajstić information content (AvgIpc) is 2.44. The van der Waals surface area contributed by atoms with Crippen molar-refractivity contribution in [2.45, 2.75) is 6.42 Å². The van der Waals surface area contributed by atoms with Crippen molar-refractivity contribution in [1.82, 2.24) is 5.43 Å². The molecular formula is C15H13BrN2O2. The molecule has 4 nitrogen and oxygen atoms in total. The molecule has 0 bridgehead atoms. The van der Waals surface area contributed by atoms with Gasteiger partial charge in [0.15, 0.2) is 0 Å². The summed E-state index contributed by atoms with van der Waals surface area (Å²) in [5, 5.41) is 13.0. The molecule has 0 spiro atoms. The summed E-state index contributed by atoms with van der Waals surface area (Å²) in [7, 11) is 0. The van der Waals surface area contributed by atoms with E-state index in [-0.39, 0.29) is 18.1 Å². The quantitative estimate of drug-likeness (QED) is 0.668. The fourth-order valence-electron chi connectivity index (χ4n) is 1.57. The number of amides is 1. The normalized spacial score (nSPS) is 10.7. The summed E-state index contributed by atoms with van der Waals surface area (Å²) < 4.78 is 0.979. The smallest absolute Gasteiger partial charge is 0.244 e. The summed E-state index contributed by atoms with van der Waals surface area (Å²) in [4.78, 5) is 11.7. The summed E-state index contributed by atoms with van der Waals surface area (Å²) in [5.41, 5.74) is 4.18. The number of phenolic OH excluding ortho intramolecular Hbond substituents is 1. The Bertz CT molecular complexity index is 607. The van der Waals surface area contributed by atoms with Crippen molar-refractivity contribution in [1.29, 1.82) is 0 Å². The van der Waals surface area contributed by atoms with Crippen LogP contribution in [0.25, 0.3) is 0 Å². The molecule has 0 aliphatic heterocycles. The Kier molecular flexibility index (Phi) is 4.90. The van der Waals surface area contributed by atoms with E-state index in [1.165, 1.54) is 6.21 Å². The van der Waals surface area contributed by atoms with E-state index >= 15 is 0 Å². The molecule has 20 heavy (non-hydrogen) atoms. The molecule has 5 heteroatoms. The molecule has 0 aliphatic rings. The third-order valence-electron chi connectivity index (χ3n) is 2.57. The van der Waals surface area contributed by atoms with Crippen LogP contribution in [-0.4, -0.2) is 17.2 Å². The van der Waals surface area contributed by atoms with Crippen LogP contribution in [0.3, 0.4) is 0 Å². The zero-order valence-corrected chi connectivity index (χ0v) is 12.2. The lowest BCUT2D eigenvalue weighted by Gasteiger charge is -2.00. The number of rotatable bonds is 4. The minimum Gasteiger partial charge on any atom is -0.508 e. The first-order chi connectivity index (χ1) is 9.63. The molecular weight excluding hydrogens is 320 g/mol. The highest BCUT2D eigenvalue weighted by atomic mass is 79.9. The lowest BCUT2D eigenvalue weighted by atomic mass is 10.1. The van der Waals surface area contributed by atoms with Crippen LogP contribution >= 0.6 is 15.9 Å². The molecule has 0 fully saturated rings. The van der Waals surface area contributed by atoms with Crippen LogP contribution < -0.4 is 5.43 Å². The van der Waals surface area contributed by atoms with Crippen molar-refractivity contribution in [3.63, 3.8) is 0 Å². The van der Waals surface area contributed by atoms with E-state index in [4.69, 9.17) is 5.11 Å². The standard InChI is InChI=1S/C15H13BrN2O2/c16-13-5-1-11(2-6-13)9-15(20)18-17-10-12-3-7-14(19)8-4-12/h1-8,10,19H,9H2,(H,18,20)/b17-10+. The van der Waals surface area contributed by atoms with Crippen LogP contribution in [0.2, 0.25) is 0 Å². The van der Waals surface area contributed by atoms with Gasteiger partial charge in [-0.2, -0.15) is 5.10 Å². The van der Waals surface area contributed by atoms with Gasteiger partial charge in [0.1, 0.15) is 5.75 Å². The van der Waals surface area contributed by atoms with Gasteiger partial charge in [0.2, 0.25) is 5.91 Å². The third kappa shape index (κ3) is 4.51. The van der Waals surface area contributed by atoms with Crippen LogP contribution in [0.4, 0.5) is 0 Å². The van der Waals surface area contributed by atoms with Gasteiger partial charge in [0.05, 0.1) is 12.6 Å². The summed E-state index contributed by atoms with van der Waals surface area (Å²) in [5.74, 6) is 0.0174. The topological polar surface area (TPSA) is 61.7 Å². The second-order valence-electron chi connectivity index (χ2n) is 4.19. The summed E-state index contributed by atoms with van der Waals surface area (Å²) in [6.45, 7) is 0. The molecule has 102 valence electrons. The van der Waals surface area contributed by atoms with Gasteiger partial charge < -0.3 is 5.11 Å². The Balaban J connectivity index is 1.85. The maximum atomic E-state index is 11.7. The molecule has 2 N–H and O–H groups in total. The van der Waals surface area contributed by atoms with E-state index in [0.717, 1.165) is 15.6 Å². The number of halogens is 1. The Morgan fingerprint density at radius 2 is 1.80 bits per heavy atom. The van der Waals surface area contributed by atoms with Crippen molar-refractivity contribution >= 4 is 28.1 Å². The number of benzene rings is 2. The van der Waals surface area contributed by atoms with Gasteiger partial charge in [-0.25, -0.2) is 5.43 Å². The lowest BCUT2D eigenvalue weighted by molar-refractivity contribution is -0.120. The Labute approximate surface area is 125 Å². The van der Waals surface area contributed by atoms with Gasteiger partial charge in [-0.1, -0.05) is 28.1 Å². The van der Waals surface area contributed by atoms with Crippen LogP contribution in [-0.2, 0) is 11.2 Å². The minimum absolute atomic E-state index is 0.178. The number of hydrazone groups is 1. The number of phenols is 1. The number of hydrogen-bond acceptors (Lipinski definition) is 3. The fourth-order valence-corrected chi connectivity index (χ4v) is 1.83. The van der Waals surface area contributed by atoms with Gasteiger partial charge in [0, 0.05) is 4.47 Å². The largest absolute Gasteiger partial charge is 0.508 e. The second-order valence-corrected chi connectivity index (χ2v) is 5.10. The molecule has 2 rings (SSSR count). The minimum atomic E-state index is -0.178. The van der Waals surface area contributed by atoms with E-state index in [2.05, 4.69) is 26.5 Å².